The standard InChI is InChI=1S/C18H20N2OS/c1-11-10-20(15-6-4-3-5-14(11)15)18(21)17-12(2)19-16(22-17)9-13-7-8-13/h3-6,11,13H,7-10H2,1-2H3. The Balaban J connectivity index is 1.63. The number of amides is 1. The first-order chi connectivity index (χ1) is 10.6. The number of carbonyl (C=O) groups excluding carboxylic acids is 1. The highest BCUT2D eigenvalue weighted by molar-refractivity contribution is 7.14. The summed E-state index contributed by atoms with van der Waals surface area (Å²) in [5.41, 5.74) is 3.23. The summed E-state index contributed by atoms with van der Waals surface area (Å²) in [5.74, 6) is 1.33. The Morgan fingerprint density at radius 3 is 2.91 bits per heavy atom. The normalized spacial score (nSPS) is 20.3. The first kappa shape index (κ1) is 13.9. The van der Waals surface area contributed by atoms with E-state index in [1.165, 1.54) is 18.4 Å². The van der Waals surface area contributed by atoms with E-state index in [9.17, 15) is 4.79 Å². The van der Waals surface area contributed by atoms with Crippen LogP contribution in [0.4, 0.5) is 5.69 Å². The van der Waals surface area contributed by atoms with Crippen LogP contribution in [-0.2, 0) is 6.42 Å². The van der Waals surface area contributed by atoms with Crippen LogP contribution in [0.2, 0.25) is 0 Å². The molecule has 1 saturated carbocycles. The highest BCUT2D eigenvalue weighted by atomic mass is 32.1. The van der Waals surface area contributed by atoms with Crippen molar-refractivity contribution in [1.82, 2.24) is 4.98 Å². The lowest BCUT2D eigenvalue weighted by atomic mass is 10.0. The number of aromatic nitrogens is 1. The molecule has 22 heavy (non-hydrogen) atoms. The van der Waals surface area contributed by atoms with Crippen LogP contribution in [-0.4, -0.2) is 17.4 Å². The van der Waals surface area contributed by atoms with Gasteiger partial charge in [0.25, 0.3) is 5.91 Å². The van der Waals surface area contributed by atoms with E-state index in [-0.39, 0.29) is 5.91 Å². The summed E-state index contributed by atoms with van der Waals surface area (Å²) in [6.07, 6.45) is 3.68. The van der Waals surface area contributed by atoms with E-state index in [0.717, 1.165) is 40.1 Å². The van der Waals surface area contributed by atoms with Crippen molar-refractivity contribution in [3.63, 3.8) is 0 Å². The van der Waals surface area contributed by atoms with E-state index in [1.54, 1.807) is 11.3 Å². The largest absolute Gasteiger partial charge is 0.307 e. The molecule has 1 amide bonds. The summed E-state index contributed by atoms with van der Waals surface area (Å²) in [4.78, 5) is 20.4. The smallest absolute Gasteiger partial charge is 0.270 e. The van der Waals surface area contributed by atoms with Gasteiger partial charge < -0.3 is 4.90 Å². The lowest BCUT2D eigenvalue weighted by molar-refractivity contribution is 0.0991. The quantitative estimate of drug-likeness (QED) is 0.852. The van der Waals surface area contributed by atoms with Gasteiger partial charge in [-0.1, -0.05) is 25.1 Å². The van der Waals surface area contributed by atoms with Gasteiger partial charge >= 0.3 is 0 Å². The molecular weight excluding hydrogens is 292 g/mol. The number of hydrogen-bond donors (Lipinski definition) is 0. The Labute approximate surface area is 135 Å². The number of aryl methyl sites for hydroxylation is 1. The van der Waals surface area contributed by atoms with Crippen LogP contribution in [0.5, 0.6) is 0 Å². The number of anilines is 1. The molecule has 1 aliphatic heterocycles. The van der Waals surface area contributed by atoms with Crippen molar-refractivity contribution in [1.29, 1.82) is 0 Å². The molecule has 0 saturated heterocycles. The van der Waals surface area contributed by atoms with Crippen LogP contribution in [0.15, 0.2) is 24.3 Å². The number of thiazole rings is 1. The Bertz CT molecular complexity index is 732. The summed E-state index contributed by atoms with van der Waals surface area (Å²) < 4.78 is 0. The SMILES string of the molecule is Cc1nc(CC2CC2)sc1C(=O)N1CC(C)c2ccccc21. The fourth-order valence-corrected chi connectivity index (χ4v) is 4.37. The van der Waals surface area contributed by atoms with Crippen LogP contribution >= 0.6 is 11.3 Å². The fourth-order valence-electron chi connectivity index (χ4n) is 3.24. The van der Waals surface area contributed by atoms with Gasteiger partial charge in [-0.15, -0.1) is 11.3 Å². The molecule has 0 bridgehead atoms. The van der Waals surface area contributed by atoms with Gasteiger partial charge in [0, 0.05) is 24.6 Å². The fraction of sp³-hybridized carbons (Fsp3) is 0.444. The van der Waals surface area contributed by atoms with Gasteiger partial charge in [0.15, 0.2) is 0 Å². The van der Waals surface area contributed by atoms with Crippen LogP contribution in [0, 0.1) is 12.8 Å². The molecule has 1 aliphatic carbocycles. The number of carbonyl (C=O) groups is 1. The molecule has 2 aliphatic rings. The van der Waals surface area contributed by atoms with Gasteiger partial charge in [-0.3, -0.25) is 4.79 Å². The molecule has 2 aromatic rings. The monoisotopic (exact) mass is 312 g/mol. The second-order valence-corrected chi connectivity index (χ2v) is 7.63. The Kier molecular flexibility index (Phi) is 3.30. The minimum absolute atomic E-state index is 0.119. The molecule has 1 aromatic heterocycles. The third-order valence-electron chi connectivity index (χ3n) is 4.66. The average molecular weight is 312 g/mol. The van der Waals surface area contributed by atoms with Gasteiger partial charge in [0.05, 0.1) is 10.7 Å². The summed E-state index contributed by atoms with van der Waals surface area (Å²) >= 11 is 1.60. The van der Waals surface area contributed by atoms with E-state index < -0.39 is 0 Å². The van der Waals surface area contributed by atoms with Crippen molar-refractivity contribution >= 4 is 22.9 Å². The van der Waals surface area contributed by atoms with Crippen molar-refractivity contribution < 1.29 is 4.79 Å². The van der Waals surface area contributed by atoms with Crippen molar-refractivity contribution in [2.24, 2.45) is 5.92 Å². The second-order valence-electron chi connectivity index (χ2n) is 6.55. The number of hydrogen-bond acceptors (Lipinski definition) is 3. The van der Waals surface area contributed by atoms with Crippen molar-refractivity contribution in [3.05, 3.63) is 45.4 Å². The third-order valence-corrected chi connectivity index (χ3v) is 5.82. The molecule has 0 radical (unpaired) electrons. The molecule has 1 unspecified atom stereocenters. The Hall–Kier alpha value is -1.68. The van der Waals surface area contributed by atoms with Crippen LogP contribution in [0.1, 0.15) is 51.6 Å². The average Bonchev–Trinajstić information content (AvgIpc) is 3.16. The number of rotatable bonds is 3. The lowest BCUT2D eigenvalue weighted by Gasteiger charge is -2.16. The summed E-state index contributed by atoms with van der Waals surface area (Å²) in [6, 6.07) is 8.24. The molecule has 4 heteroatoms. The molecule has 0 spiro atoms. The summed E-state index contributed by atoms with van der Waals surface area (Å²) in [7, 11) is 0. The Morgan fingerprint density at radius 2 is 2.14 bits per heavy atom. The minimum Gasteiger partial charge on any atom is -0.307 e. The van der Waals surface area contributed by atoms with Crippen molar-refractivity contribution in [2.45, 2.75) is 39.0 Å². The zero-order valence-electron chi connectivity index (χ0n) is 13.0. The molecule has 1 fully saturated rings. The molecular formula is C18H20N2OS. The first-order valence-electron chi connectivity index (χ1n) is 8.00. The third kappa shape index (κ3) is 2.35. The van der Waals surface area contributed by atoms with Gasteiger partial charge in [0.1, 0.15) is 4.88 Å². The van der Waals surface area contributed by atoms with E-state index >= 15 is 0 Å². The van der Waals surface area contributed by atoms with Gasteiger partial charge in [-0.05, 0) is 37.3 Å². The molecule has 4 rings (SSSR count). The number of fused-ring (bicyclic) bond motifs is 1. The zero-order valence-corrected chi connectivity index (χ0v) is 13.8. The number of para-hydroxylation sites is 1. The number of benzene rings is 1. The van der Waals surface area contributed by atoms with E-state index in [0.29, 0.717) is 5.92 Å². The summed E-state index contributed by atoms with van der Waals surface area (Å²) in [5, 5.41) is 1.13. The molecule has 2 heterocycles. The highest BCUT2D eigenvalue weighted by Gasteiger charge is 2.32. The topological polar surface area (TPSA) is 33.2 Å². The molecule has 1 atom stereocenters. The van der Waals surface area contributed by atoms with Crippen LogP contribution in [0.25, 0.3) is 0 Å². The van der Waals surface area contributed by atoms with E-state index in [4.69, 9.17) is 0 Å². The highest BCUT2D eigenvalue weighted by Crippen LogP contribution is 2.38. The Morgan fingerprint density at radius 1 is 1.36 bits per heavy atom. The van der Waals surface area contributed by atoms with Crippen molar-refractivity contribution in [2.75, 3.05) is 11.4 Å². The van der Waals surface area contributed by atoms with Crippen molar-refractivity contribution in [3.8, 4) is 0 Å². The maximum atomic E-state index is 13.0. The van der Waals surface area contributed by atoms with E-state index in [1.807, 2.05) is 17.9 Å². The molecule has 0 N–H and O–H groups in total. The van der Waals surface area contributed by atoms with Gasteiger partial charge in [-0.2, -0.15) is 0 Å². The van der Waals surface area contributed by atoms with E-state index in [2.05, 4.69) is 30.1 Å². The molecule has 1 aromatic carbocycles. The maximum absolute atomic E-state index is 13.0. The first-order valence-corrected chi connectivity index (χ1v) is 8.82. The lowest BCUT2D eigenvalue weighted by Crippen LogP contribution is -2.29. The van der Waals surface area contributed by atoms with Gasteiger partial charge in [0.2, 0.25) is 0 Å². The maximum Gasteiger partial charge on any atom is 0.270 e. The van der Waals surface area contributed by atoms with Crippen LogP contribution < -0.4 is 4.90 Å². The molecule has 114 valence electrons. The predicted octanol–water partition coefficient (Wildman–Crippen LogP) is 4.17. The minimum atomic E-state index is 0.119. The number of nitrogens with zero attached hydrogens (tertiary/aromatic N) is 2. The predicted molar refractivity (Wildman–Crippen MR) is 89.8 cm³/mol. The van der Waals surface area contributed by atoms with Gasteiger partial charge in [-0.25, -0.2) is 4.98 Å². The second kappa shape index (κ2) is 5.20. The summed E-state index contributed by atoms with van der Waals surface area (Å²) in [6.45, 7) is 4.92. The molecule has 3 nitrogen and oxygen atoms in total. The van der Waals surface area contributed by atoms with Crippen LogP contribution in [0.3, 0.4) is 0 Å². The zero-order chi connectivity index (χ0) is 15.3.